The van der Waals surface area contributed by atoms with E-state index < -0.39 is 27.4 Å². The van der Waals surface area contributed by atoms with Crippen molar-refractivity contribution in [2.45, 2.75) is 11.3 Å². The summed E-state index contributed by atoms with van der Waals surface area (Å²) in [6.45, 7) is 0. The normalized spacial score (nSPS) is 12.0. The second kappa shape index (κ2) is 7.33. The summed E-state index contributed by atoms with van der Waals surface area (Å²) in [6, 6.07) is 4.09. The van der Waals surface area contributed by atoms with Crippen LogP contribution >= 0.6 is 33.9 Å². The monoisotopic (exact) mass is 488 g/mol. The first kappa shape index (κ1) is 19.1. The van der Waals surface area contributed by atoms with Gasteiger partial charge in [-0.25, -0.2) is 21.5 Å². The fraction of sp³-hybridized carbons (Fsp3) is 0.250. The van der Waals surface area contributed by atoms with E-state index >= 15 is 0 Å². The van der Waals surface area contributed by atoms with E-state index in [1.807, 2.05) is 22.6 Å². The molecule has 0 aliphatic heterocycles. The molecule has 0 fully saturated rings. The average Bonchev–Trinajstić information content (AvgIpc) is 2.95. The van der Waals surface area contributed by atoms with Crippen LogP contribution in [0.15, 0.2) is 23.1 Å². The zero-order chi connectivity index (χ0) is 18.1. The van der Waals surface area contributed by atoms with Gasteiger partial charge in [0.05, 0.1) is 10.5 Å². The Balaban J connectivity index is 2.32. The van der Waals surface area contributed by atoms with E-state index in [1.54, 1.807) is 0 Å². The number of nitrogens with one attached hydrogen (secondary N) is 1. The standard InChI is InChI=1S/C12H11F2IN4O3S2/c1-19(2)24(21,22)6-3-4-8(15)7(5-6)10(20)16-12-18-17-11(23-12)9(13)14/h3-5,9H,1-2H3,(H,16,18,20). The van der Waals surface area contributed by atoms with Gasteiger partial charge in [0.15, 0.2) is 5.01 Å². The maximum Gasteiger partial charge on any atom is 0.291 e. The first-order valence-electron chi connectivity index (χ1n) is 6.28. The number of anilines is 1. The average molecular weight is 488 g/mol. The highest BCUT2D eigenvalue weighted by Crippen LogP contribution is 2.26. The number of amides is 1. The minimum Gasteiger partial charge on any atom is -0.296 e. The van der Waals surface area contributed by atoms with Crippen LogP contribution in [0.2, 0.25) is 0 Å². The molecule has 0 spiro atoms. The van der Waals surface area contributed by atoms with Gasteiger partial charge in [0.25, 0.3) is 12.3 Å². The van der Waals surface area contributed by atoms with Crippen molar-refractivity contribution in [1.29, 1.82) is 0 Å². The summed E-state index contributed by atoms with van der Waals surface area (Å²) >= 11 is 2.43. The number of aromatic nitrogens is 2. The van der Waals surface area contributed by atoms with Gasteiger partial charge in [-0.3, -0.25) is 10.1 Å². The molecule has 0 saturated heterocycles. The van der Waals surface area contributed by atoms with Gasteiger partial charge in [-0.15, -0.1) is 10.2 Å². The van der Waals surface area contributed by atoms with Crippen LogP contribution in [-0.2, 0) is 10.0 Å². The summed E-state index contributed by atoms with van der Waals surface area (Å²) in [4.78, 5) is 12.2. The molecule has 1 heterocycles. The predicted molar refractivity (Wildman–Crippen MR) is 92.9 cm³/mol. The van der Waals surface area contributed by atoms with Crippen molar-refractivity contribution < 1.29 is 22.0 Å². The summed E-state index contributed by atoms with van der Waals surface area (Å²) in [6.07, 6.45) is -2.78. The molecule has 0 aliphatic carbocycles. The summed E-state index contributed by atoms with van der Waals surface area (Å²) < 4.78 is 50.8. The molecule has 0 atom stereocenters. The second-order valence-electron chi connectivity index (χ2n) is 4.63. The number of carbonyl (C=O) groups excluding carboxylic acids is 1. The lowest BCUT2D eigenvalue weighted by molar-refractivity contribution is 0.102. The number of carbonyl (C=O) groups is 1. The molecule has 24 heavy (non-hydrogen) atoms. The summed E-state index contributed by atoms with van der Waals surface area (Å²) in [5.74, 6) is -0.660. The lowest BCUT2D eigenvalue weighted by Crippen LogP contribution is -2.23. The smallest absolute Gasteiger partial charge is 0.291 e. The highest BCUT2D eigenvalue weighted by molar-refractivity contribution is 14.1. The molecule has 1 aromatic carbocycles. The lowest BCUT2D eigenvalue weighted by Gasteiger charge is -2.13. The molecule has 130 valence electrons. The van der Waals surface area contributed by atoms with E-state index in [1.165, 1.54) is 32.3 Å². The van der Waals surface area contributed by atoms with E-state index in [-0.39, 0.29) is 15.6 Å². The molecule has 0 unspecified atom stereocenters. The molecule has 2 aromatic rings. The van der Waals surface area contributed by atoms with Crippen molar-refractivity contribution in [3.63, 3.8) is 0 Å². The van der Waals surface area contributed by atoms with Crippen molar-refractivity contribution in [2.75, 3.05) is 19.4 Å². The number of hydrogen-bond donors (Lipinski definition) is 1. The third-order valence-electron chi connectivity index (χ3n) is 2.81. The number of benzene rings is 1. The molecule has 7 nitrogen and oxygen atoms in total. The number of rotatable bonds is 5. The Kier molecular flexibility index (Phi) is 5.83. The van der Waals surface area contributed by atoms with E-state index in [9.17, 15) is 22.0 Å². The quantitative estimate of drug-likeness (QED) is 0.654. The fourth-order valence-electron chi connectivity index (χ4n) is 1.59. The van der Waals surface area contributed by atoms with Crippen LogP contribution in [0.4, 0.5) is 13.9 Å². The lowest BCUT2D eigenvalue weighted by atomic mass is 10.2. The van der Waals surface area contributed by atoms with Crippen LogP contribution < -0.4 is 5.32 Å². The Bertz CT molecular complexity index is 871. The fourth-order valence-corrected chi connectivity index (χ4v) is 3.69. The first-order chi connectivity index (χ1) is 11.1. The molecule has 1 amide bonds. The SMILES string of the molecule is CN(C)S(=O)(=O)c1ccc(I)c(C(=O)Nc2nnc(C(F)F)s2)c1. The molecule has 0 aliphatic rings. The van der Waals surface area contributed by atoms with Gasteiger partial charge >= 0.3 is 0 Å². The van der Waals surface area contributed by atoms with Crippen molar-refractivity contribution in [3.05, 3.63) is 32.3 Å². The van der Waals surface area contributed by atoms with Crippen LogP contribution in [0.1, 0.15) is 21.8 Å². The van der Waals surface area contributed by atoms with Gasteiger partial charge in [0, 0.05) is 17.7 Å². The van der Waals surface area contributed by atoms with E-state index in [0.717, 1.165) is 4.31 Å². The summed E-state index contributed by atoms with van der Waals surface area (Å²) in [5, 5.41) is 8.46. The van der Waals surface area contributed by atoms with E-state index in [0.29, 0.717) is 14.9 Å². The van der Waals surface area contributed by atoms with Gasteiger partial charge < -0.3 is 0 Å². The van der Waals surface area contributed by atoms with Crippen molar-refractivity contribution in [3.8, 4) is 0 Å². The molecular formula is C12H11F2IN4O3S2. The minimum absolute atomic E-state index is 0.0522. The topological polar surface area (TPSA) is 92.3 Å². The molecule has 2 rings (SSSR count). The molecular weight excluding hydrogens is 477 g/mol. The number of nitrogens with zero attached hydrogens (tertiary/aromatic N) is 3. The summed E-state index contributed by atoms with van der Waals surface area (Å²) in [7, 11) is -0.954. The van der Waals surface area contributed by atoms with Gasteiger partial charge in [-0.05, 0) is 40.8 Å². The first-order valence-corrected chi connectivity index (χ1v) is 9.61. The maximum absolute atomic E-state index is 12.5. The van der Waals surface area contributed by atoms with Gasteiger partial charge in [-0.2, -0.15) is 0 Å². The van der Waals surface area contributed by atoms with E-state index in [4.69, 9.17) is 0 Å². The van der Waals surface area contributed by atoms with Crippen molar-refractivity contribution >= 4 is 55.0 Å². The maximum atomic E-state index is 12.5. The Morgan fingerprint density at radius 1 is 1.33 bits per heavy atom. The largest absolute Gasteiger partial charge is 0.296 e. The van der Waals surface area contributed by atoms with Gasteiger partial charge in [0.2, 0.25) is 15.2 Å². The van der Waals surface area contributed by atoms with Crippen LogP contribution in [0.3, 0.4) is 0 Å². The Labute approximate surface area is 154 Å². The Morgan fingerprint density at radius 2 is 2.00 bits per heavy atom. The van der Waals surface area contributed by atoms with Crippen LogP contribution in [-0.4, -0.2) is 42.9 Å². The zero-order valence-electron chi connectivity index (χ0n) is 12.3. The van der Waals surface area contributed by atoms with Crippen molar-refractivity contribution in [2.24, 2.45) is 0 Å². The van der Waals surface area contributed by atoms with Crippen LogP contribution in [0, 0.1) is 3.57 Å². The Morgan fingerprint density at radius 3 is 2.54 bits per heavy atom. The Hall–Kier alpha value is -1.25. The van der Waals surface area contributed by atoms with Crippen LogP contribution in [0.5, 0.6) is 0 Å². The molecule has 0 radical (unpaired) electrons. The molecule has 1 aromatic heterocycles. The number of halogens is 3. The molecule has 12 heteroatoms. The van der Waals surface area contributed by atoms with E-state index in [2.05, 4.69) is 15.5 Å². The number of sulfonamides is 1. The number of alkyl halides is 2. The summed E-state index contributed by atoms with van der Waals surface area (Å²) in [5.41, 5.74) is 0.0901. The highest BCUT2D eigenvalue weighted by Gasteiger charge is 2.22. The molecule has 0 saturated carbocycles. The minimum atomic E-state index is -3.70. The van der Waals surface area contributed by atoms with Crippen molar-refractivity contribution in [1.82, 2.24) is 14.5 Å². The second-order valence-corrected chi connectivity index (χ2v) is 8.95. The highest BCUT2D eigenvalue weighted by atomic mass is 127. The third-order valence-corrected chi connectivity index (χ3v) is 6.41. The number of hydrogen-bond acceptors (Lipinski definition) is 6. The van der Waals surface area contributed by atoms with Gasteiger partial charge in [-0.1, -0.05) is 11.3 Å². The molecule has 1 N–H and O–H groups in total. The van der Waals surface area contributed by atoms with Gasteiger partial charge in [0.1, 0.15) is 0 Å². The molecule has 0 bridgehead atoms. The van der Waals surface area contributed by atoms with Crippen LogP contribution in [0.25, 0.3) is 0 Å². The predicted octanol–water partition coefficient (Wildman–Crippen LogP) is 2.58. The third kappa shape index (κ3) is 4.04. The zero-order valence-corrected chi connectivity index (χ0v) is 16.1.